The molecular formula is C14H27N3O4. The first-order chi connectivity index (χ1) is 9.46. The fraction of sp³-hybridized carbons (Fsp3) is 0.786. The SMILES string of the molecule is CN(C)CCNC(=O)C(CC(=O)O)N(C)C(=O)C(C)(C)C. The van der Waals surface area contributed by atoms with E-state index in [1.807, 2.05) is 19.0 Å². The van der Waals surface area contributed by atoms with Gasteiger partial charge < -0.3 is 20.2 Å². The van der Waals surface area contributed by atoms with Gasteiger partial charge in [0.2, 0.25) is 11.8 Å². The molecule has 1 atom stereocenters. The number of amides is 2. The van der Waals surface area contributed by atoms with Gasteiger partial charge in [0.25, 0.3) is 0 Å². The Morgan fingerprint density at radius 2 is 1.67 bits per heavy atom. The molecule has 0 fully saturated rings. The second-order valence-electron chi connectivity index (χ2n) is 6.37. The Bertz CT molecular complexity index is 388. The molecule has 0 spiro atoms. The lowest BCUT2D eigenvalue weighted by atomic mass is 9.93. The van der Waals surface area contributed by atoms with E-state index in [0.717, 1.165) is 0 Å². The number of hydrogen-bond donors (Lipinski definition) is 2. The zero-order valence-electron chi connectivity index (χ0n) is 13.8. The molecule has 0 aliphatic heterocycles. The molecule has 0 radical (unpaired) electrons. The maximum atomic E-state index is 12.2. The fourth-order valence-corrected chi connectivity index (χ4v) is 1.76. The van der Waals surface area contributed by atoms with Crippen molar-refractivity contribution in [2.45, 2.75) is 33.2 Å². The Labute approximate surface area is 126 Å². The van der Waals surface area contributed by atoms with Gasteiger partial charge >= 0.3 is 5.97 Å². The van der Waals surface area contributed by atoms with Crippen LogP contribution in [-0.4, -0.2) is 73.0 Å². The zero-order valence-corrected chi connectivity index (χ0v) is 13.8. The van der Waals surface area contributed by atoms with Crippen LogP contribution >= 0.6 is 0 Å². The molecule has 0 bridgehead atoms. The van der Waals surface area contributed by atoms with Gasteiger partial charge in [0.1, 0.15) is 6.04 Å². The van der Waals surface area contributed by atoms with Gasteiger partial charge in [-0.3, -0.25) is 14.4 Å². The lowest BCUT2D eigenvalue weighted by molar-refractivity contribution is -0.149. The number of carbonyl (C=O) groups is 3. The van der Waals surface area contributed by atoms with E-state index < -0.39 is 29.8 Å². The van der Waals surface area contributed by atoms with Crippen LogP contribution in [-0.2, 0) is 14.4 Å². The van der Waals surface area contributed by atoms with Crippen molar-refractivity contribution in [1.29, 1.82) is 0 Å². The molecule has 7 nitrogen and oxygen atoms in total. The molecule has 21 heavy (non-hydrogen) atoms. The van der Waals surface area contributed by atoms with E-state index in [1.54, 1.807) is 20.8 Å². The minimum absolute atomic E-state index is 0.267. The number of likely N-dealkylation sites (N-methyl/N-ethyl adjacent to an activating group) is 2. The van der Waals surface area contributed by atoms with Gasteiger partial charge in [0.15, 0.2) is 0 Å². The molecule has 1 unspecified atom stereocenters. The number of rotatable bonds is 7. The number of hydrogen-bond acceptors (Lipinski definition) is 4. The van der Waals surface area contributed by atoms with Crippen molar-refractivity contribution in [3.63, 3.8) is 0 Å². The van der Waals surface area contributed by atoms with Crippen LogP contribution in [0.1, 0.15) is 27.2 Å². The number of nitrogens with one attached hydrogen (secondary N) is 1. The molecule has 0 aromatic carbocycles. The minimum atomic E-state index is -1.11. The highest BCUT2D eigenvalue weighted by Crippen LogP contribution is 2.19. The molecule has 0 aliphatic rings. The van der Waals surface area contributed by atoms with Crippen LogP contribution < -0.4 is 5.32 Å². The van der Waals surface area contributed by atoms with E-state index in [9.17, 15) is 14.4 Å². The Morgan fingerprint density at radius 1 is 1.14 bits per heavy atom. The first-order valence-electron chi connectivity index (χ1n) is 6.88. The summed E-state index contributed by atoms with van der Waals surface area (Å²) in [7, 11) is 5.21. The largest absolute Gasteiger partial charge is 0.481 e. The Morgan fingerprint density at radius 3 is 2.05 bits per heavy atom. The predicted octanol–water partition coefficient (Wildman–Crippen LogP) is 0.0120. The number of nitrogens with zero attached hydrogens (tertiary/aromatic N) is 2. The highest BCUT2D eigenvalue weighted by Gasteiger charge is 2.34. The third-order valence-corrected chi connectivity index (χ3v) is 2.96. The van der Waals surface area contributed by atoms with Crippen molar-refractivity contribution >= 4 is 17.8 Å². The summed E-state index contributed by atoms with van der Waals surface area (Å²) in [5.74, 6) is -1.83. The summed E-state index contributed by atoms with van der Waals surface area (Å²) >= 11 is 0. The van der Waals surface area contributed by atoms with Crippen molar-refractivity contribution in [2.24, 2.45) is 5.41 Å². The van der Waals surface area contributed by atoms with Gasteiger partial charge in [-0.2, -0.15) is 0 Å². The molecule has 0 saturated carbocycles. The second-order valence-corrected chi connectivity index (χ2v) is 6.37. The van der Waals surface area contributed by atoms with Crippen molar-refractivity contribution in [3.8, 4) is 0 Å². The molecule has 2 N–H and O–H groups in total. The van der Waals surface area contributed by atoms with Crippen LogP contribution in [0.25, 0.3) is 0 Å². The molecular weight excluding hydrogens is 274 g/mol. The number of aliphatic carboxylic acids is 1. The first kappa shape index (κ1) is 19.4. The van der Waals surface area contributed by atoms with E-state index >= 15 is 0 Å². The molecule has 7 heteroatoms. The summed E-state index contributed by atoms with van der Waals surface area (Å²) in [5, 5.41) is 11.6. The maximum Gasteiger partial charge on any atom is 0.305 e. The fourth-order valence-electron chi connectivity index (χ4n) is 1.76. The molecule has 0 aliphatic carbocycles. The second kappa shape index (κ2) is 7.97. The van der Waals surface area contributed by atoms with Crippen molar-refractivity contribution in [3.05, 3.63) is 0 Å². The van der Waals surface area contributed by atoms with Gasteiger partial charge in [-0.05, 0) is 14.1 Å². The summed E-state index contributed by atoms with van der Waals surface area (Å²) in [6, 6.07) is -1.00. The standard InChI is InChI=1S/C14H27N3O4/c1-14(2,3)13(21)17(6)10(9-11(18)19)12(20)15-7-8-16(4)5/h10H,7-9H2,1-6H3,(H,15,20)(H,18,19). The van der Waals surface area contributed by atoms with Gasteiger partial charge in [0, 0.05) is 25.6 Å². The normalized spacial score (nSPS) is 12.9. The average Bonchev–Trinajstić information content (AvgIpc) is 2.32. The van der Waals surface area contributed by atoms with Crippen molar-refractivity contribution in [1.82, 2.24) is 15.1 Å². The van der Waals surface area contributed by atoms with E-state index in [1.165, 1.54) is 11.9 Å². The third-order valence-electron chi connectivity index (χ3n) is 2.96. The maximum absolute atomic E-state index is 12.2. The summed E-state index contributed by atoms with van der Waals surface area (Å²) < 4.78 is 0. The van der Waals surface area contributed by atoms with E-state index in [4.69, 9.17) is 5.11 Å². The smallest absolute Gasteiger partial charge is 0.305 e. The molecule has 2 amide bonds. The Balaban J connectivity index is 4.90. The minimum Gasteiger partial charge on any atom is -0.481 e. The van der Waals surface area contributed by atoms with Crippen LogP contribution in [0.4, 0.5) is 0 Å². The van der Waals surface area contributed by atoms with E-state index in [2.05, 4.69) is 5.32 Å². The van der Waals surface area contributed by atoms with Crippen LogP contribution in [0, 0.1) is 5.41 Å². The van der Waals surface area contributed by atoms with E-state index in [-0.39, 0.29) is 5.91 Å². The van der Waals surface area contributed by atoms with Gasteiger partial charge in [-0.15, -0.1) is 0 Å². The molecule has 0 heterocycles. The van der Waals surface area contributed by atoms with Crippen LogP contribution in [0.3, 0.4) is 0 Å². The van der Waals surface area contributed by atoms with Crippen LogP contribution in [0.5, 0.6) is 0 Å². The molecule has 0 aromatic heterocycles. The molecule has 0 rings (SSSR count). The monoisotopic (exact) mass is 301 g/mol. The van der Waals surface area contributed by atoms with Crippen molar-refractivity contribution in [2.75, 3.05) is 34.2 Å². The number of carbonyl (C=O) groups excluding carboxylic acids is 2. The third kappa shape index (κ3) is 7.08. The quantitative estimate of drug-likeness (QED) is 0.691. The molecule has 0 aromatic rings. The topological polar surface area (TPSA) is 89.9 Å². The first-order valence-corrected chi connectivity index (χ1v) is 6.88. The zero-order chi connectivity index (χ0) is 16.8. The number of carboxylic acid groups (broad SMARTS) is 1. The predicted molar refractivity (Wildman–Crippen MR) is 79.8 cm³/mol. The summed E-state index contributed by atoms with van der Waals surface area (Å²) in [4.78, 5) is 38.4. The Hall–Kier alpha value is -1.63. The van der Waals surface area contributed by atoms with Crippen LogP contribution in [0.15, 0.2) is 0 Å². The van der Waals surface area contributed by atoms with Gasteiger partial charge in [-0.1, -0.05) is 20.8 Å². The van der Waals surface area contributed by atoms with E-state index in [0.29, 0.717) is 13.1 Å². The summed E-state index contributed by atoms with van der Waals surface area (Å²) in [5.41, 5.74) is -0.671. The highest BCUT2D eigenvalue weighted by atomic mass is 16.4. The van der Waals surface area contributed by atoms with Crippen LogP contribution in [0.2, 0.25) is 0 Å². The molecule has 0 saturated heterocycles. The summed E-state index contributed by atoms with van der Waals surface area (Å²) in [6.45, 7) is 6.23. The van der Waals surface area contributed by atoms with Gasteiger partial charge in [-0.25, -0.2) is 0 Å². The highest BCUT2D eigenvalue weighted by molar-refractivity contribution is 5.91. The summed E-state index contributed by atoms with van der Waals surface area (Å²) in [6.07, 6.45) is -0.411. The van der Waals surface area contributed by atoms with Crippen molar-refractivity contribution < 1.29 is 19.5 Å². The lowest BCUT2D eigenvalue weighted by Gasteiger charge is -2.31. The lowest BCUT2D eigenvalue weighted by Crippen LogP contribution is -2.52. The average molecular weight is 301 g/mol. The van der Waals surface area contributed by atoms with Gasteiger partial charge in [0.05, 0.1) is 6.42 Å². The molecule has 122 valence electrons. The Kier molecular flexibility index (Phi) is 7.35. The number of carboxylic acids is 1.